The lowest BCUT2D eigenvalue weighted by Crippen LogP contribution is -2.39. The highest BCUT2D eigenvalue weighted by atomic mass is 16.1. The van der Waals surface area contributed by atoms with Crippen LogP contribution in [-0.4, -0.2) is 43.5 Å². The van der Waals surface area contributed by atoms with E-state index in [1.807, 2.05) is 13.8 Å². The number of carbonyl (C=O) groups excluding carboxylic acids is 1. The molecule has 0 aliphatic rings. The van der Waals surface area contributed by atoms with E-state index in [0.717, 1.165) is 32.6 Å². The highest BCUT2D eigenvalue weighted by molar-refractivity contribution is 5.79. The molecule has 4 heteroatoms. The summed E-state index contributed by atoms with van der Waals surface area (Å²) in [6, 6.07) is 0. The van der Waals surface area contributed by atoms with Gasteiger partial charge in [-0.05, 0) is 32.0 Å². The molecule has 0 aromatic carbocycles. The number of rotatable bonds is 9. The number of hydrogen-bond acceptors (Lipinski definition) is 3. The van der Waals surface area contributed by atoms with Crippen molar-refractivity contribution in [1.29, 1.82) is 0 Å². The molecule has 0 radical (unpaired) electrons. The van der Waals surface area contributed by atoms with Gasteiger partial charge in [0, 0.05) is 13.1 Å². The maximum absolute atomic E-state index is 11.8. The second kappa shape index (κ2) is 9.42. The SMILES string of the molecule is CCN(CC)CCCNC(=O)C(CN)C(C)C. The third kappa shape index (κ3) is 6.64. The average molecular weight is 243 g/mol. The Labute approximate surface area is 106 Å². The number of hydrogen-bond donors (Lipinski definition) is 2. The molecule has 0 aliphatic carbocycles. The van der Waals surface area contributed by atoms with E-state index in [2.05, 4.69) is 24.1 Å². The molecule has 0 aromatic heterocycles. The van der Waals surface area contributed by atoms with Gasteiger partial charge in [0.05, 0.1) is 5.92 Å². The van der Waals surface area contributed by atoms with Crippen LogP contribution in [0.2, 0.25) is 0 Å². The third-order valence-corrected chi connectivity index (χ3v) is 3.24. The molecule has 17 heavy (non-hydrogen) atoms. The Morgan fingerprint density at radius 1 is 1.29 bits per heavy atom. The van der Waals surface area contributed by atoms with Crippen LogP contribution >= 0.6 is 0 Å². The molecule has 1 amide bonds. The van der Waals surface area contributed by atoms with Gasteiger partial charge in [0.25, 0.3) is 0 Å². The first-order valence-electron chi connectivity index (χ1n) is 6.76. The maximum atomic E-state index is 11.8. The van der Waals surface area contributed by atoms with Crippen LogP contribution in [0.25, 0.3) is 0 Å². The first-order chi connectivity index (χ1) is 8.06. The number of nitrogens with zero attached hydrogens (tertiary/aromatic N) is 1. The molecular weight excluding hydrogens is 214 g/mol. The molecule has 102 valence electrons. The van der Waals surface area contributed by atoms with Crippen molar-refractivity contribution in [2.45, 2.75) is 34.1 Å². The average Bonchev–Trinajstić information content (AvgIpc) is 2.29. The van der Waals surface area contributed by atoms with Gasteiger partial charge in [-0.25, -0.2) is 0 Å². The molecule has 0 fully saturated rings. The van der Waals surface area contributed by atoms with E-state index in [1.54, 1.807) is 0 Å². The predicted octanol–water partition coefficient (Wildman–Crippen LogP) is 1.07. The Morgan fingerprint density at radius 3 is 2.29 bits per heavy atom. The smallest absolute Gasteiger partial charge is 0.224 e. The van der Waals surface area contributed by atoms with Crippen molar-refractivity contribution in [1.82, 2.24) is 10.2 Å². The molecule has 0 spiro atoms. The first kappa shape index (κ1) is 16.4. The molecular formula is C13H29N3O. The molecule has 0 saturated heterocycles. The summed E-state index contributed by atoms with van der Waals surface area (Å²) in [6.45, 7) is 12.8. The Morgan fingerprint density at radius 2 is 1.88 bits per heavy atom. The number of amides is 1. The lowest BCUT2D eigenvalue weighted by Gasteiger charge is -2.20. The summed E-state index contributed by atoms with van der Waals surface area (Å²) in [4.78, 5) is 14.2. The molecule has 0 heterocycles. The summed E-state index contributed by atoms with van der Waals surface area (Å²) in [5, 5.41) is 2.97. The molecule has 1 unspecified atom stereocenters. The normalized spacial score (nSPS) is 13.1. The van der Waals surface area contributed by atoms with Crippen molar-refractivity contribution in [2.75, 3.05) is 32.7 Å². The lowest BCUT2D eigenvalue weighted by molar-refractivity contribution is -0.125. The van der Waals surface area contributed by atoms with Crippen molar-refractivity contribution in [3.8, 4) is 0 Å². The van der Waals surface area contributed by atoms with Crippen molar-refractivity contribution < 1.29 is 4.79 Å². The minimum absolute atomic E-state index is 0.0524. The van der Waals surface area contributed by atoms with E-state index in [9.17, 15) is 4.79 Å². The number of carbonyl (C=O) groups is 1. The molecule has 1 atom stereocenters. The van der Waals surface area contributed by atoms with Gasteiger partial charge in [-0.1, -0.05) is 27.7 Å². The molecule has 0 saturated carbocycles. The third-order valence-electron chi connectivity index (χ3n) is 3.24. The molecule has 0 aromatic rings. The maximum Gasteiger partial charge on any atom is 0.224 e. The zero-order valence-electron chi connectivity index (χ0n) is 11.8. The van der Waals surface area contributed by atoms with E-state index < -0.39 is 0 Å². The highest BCUT2D eigenvalue weighted by Crippen LogP contribution is 2.08. The van der Waals surface area contributed by atoms with E-state index in [0.29, 0.717) is 12.5 Å². The fraction of sp³-hybridized carbons (Fsp3) is 0.923. The quantitative estimate of drug-likeness (QED) is 0.596. The summed E-state index contributed by atoms with van der Waals surface area (Å²) in [5.41, 5.74) is 5.60. The minimum Gasteiger partial charge on any atom is -0.356 e. The van der Waals surface area contributed by atoms with Crippen LogP contribution in [0.4, 0.5) is 0 Å². The Hall–Kier alpha value is -0.610. The predicted molar refractivity (Wildman–Crippen MR) is 72.8 cm³/mol. The van der Waals surface area contributed by atoms with Gasteiger partial charge in [0.1, 0.15) is 0 Å². The summed E-state index contributed by atoms with van der Waals surface area (Å²) >= 11 is 0. The zero-order chi connectivity index (χ0) is 13.3. The van der Waals surface area contributed by atoms with Gasteiger partial charge in [0.2, 0.25) is 5.91 Å². The fourth-order valence-corrected chi connectivity index (χ4v) is 1.87. The van der Waals surface area contributed by atoms with Crippen molar-refractivity contribution in [3.63, 3.8) is 0 Å². The van der Waals surface area contributed by atoms with Crippen molar-refractivity contribution in [3.05, 3.63) is 0 Å². The topological polar surface area (TPSA) is 58.4 Å². The minimum atomic E-state index is -0.0524. The second-order valence-corrected chi connectivity index (χ2v) is 4.76. The summed E-state index contributed by atoms with van der Waals surface area (Å²) < 4.78 is 0. The monoisotopic (exact) mass is 243 g/mol. The first-order valence-corrected chi connectivity index (χ1v) is 6.76. The van der Waals surface area contributed by atoms with Crippen molar-refractivity contribution >= 4 is 5.91 Å². The van der Waals surface area contributed by atoms with Crippen LogP contribution in [0.3, 0.4) is 0 Å². The van der Waals surface area contributed by atoms with E-state index >= 15 is 0 Å². The van der Waals surface area contributed by atoms with Gasteiger partial charge in [-0.15, -0.1) is 0 Å². The Balaban J connectivity index is 3.77. The molecule has 0 rings (SSSR count). The van der Waals surface area contributed by atoms with E-state index in [-0.39, 0.29) is 11.8 Å². The van der Waals surface area contributed by atoms with Gasteiger partial charge in [-0.3, -0.25) is 4.79 Å². The molecule has 4 nitrogen and oxygen atoms in total. The van der Waals surface area contributed by atoms with Crippen LogP contribution in [0.5, 0.6) is 0 Å². The number of nitrogens with two attached hydrogens (primary N) is 1. The fourth-order valence-electron chi connectivity index (χ4n) is 1.87. The van der Waals surface area contributed by atoms with Crippen molar-refractivity contribution in [2.24, 2.45) is 17.6 Å². The van der Waals surface area contributed by atoms with Gasteiger partial charge < -0.3 is 16.0 Å². The highest BCUT2D eigenvalue weighted by Gasteiger charge is 2.19. The lowest BCUT2D eigenvalue weighted by atomic mass is 9.95. The number of nitrogens with one attached hydrogen (secondary N) is 1. The second-order valence-electron chi connectivity index (χ2n) is 4.76. The summed E-state index contributed by atoms with van der Waals surface area (Å²) in [5.74, 6) is 0.355. The largest absolute Gasteiger partial charge is 0.356 e. The molecule has 0 bridgehead atoms. The van der Waals surface area contributed by atoms with Crippen LogP contribution in [0.1, 0.15) is 34.1 Å². The zero-order valence-corrected chi connectivity index (χ0v) is 11.8. The summed E-state index contributed by atoms with van der Waals surface area (Å²) in [7, 11) is 0. The van der Waals surface area contributed by atoms with Gasteiger partial charge >= 0.3 is 0 Å². The van der Waals surface area contributed by atoms with Crippen LogP contribution in [0.15, 0.2) is 0 Å². The van der Waals surface area contributed by atoms with Gasteiger partial charge in [0.15, 0.2) is 0 Å². The Kier molecular flexibility index (Phi) is 9.09. The van der Waals surface area contributed by atoms with E-state index in [1.165, 1.54) is 0 Å². The molecule has 3 N–H and O–H groups in total. The Bertz CT molecular complexity index is 203. The van der Waals surface area contributed by atoms with Gasteiger partial charge in [-0.2, -0.15) is 0 Å². The van der Waals surface area contributed by atoms with Crippen LogP contribution < -0.4 is 11.1 Å². The molecule has 0 aliphatic heterocycles. The van der Waals surface area contributed by atoms with E-state index in [4.69, 9.17) is 5.73 Å². The standard InChI is InChI=1S/C13H29N3O/c1-5-16(6-2)9-7-8-15-13(17)12(10-14)11(3)4/h11-12H,5-10,14H2,1-4H3,(H,15,17). The summed E-state index contributed by atoms with van der Waals surface area (Å²) in [6.07, 6.45) is 1.00. The van der Waals surface area contributed by atoms with Crippen LogP contribution in [-0.2, 0) is 4.79 Å². The van der Waals surface area contributed by atoms with Crippen LogP contribution in [0, 0.1) is 11.8 Å².